The number of nitrogens with one attached hydrogen (secondary N) is 1. The van der Waals surface area contributed by atoms with Crippen LogP contribution < -0.4 is 0 Å². The van der Waals surface area contributed by atoms with Crippen LogP contribution in [0.5, 0.6) is 0 Å². The van der Waals surface area contributed by atoms with Crippen LogP contribution in [-0.2, 0) is 4.79 Å². The minimum Gasteiger partial charge on any atom is -0.380 e. The summed E-state index contributed by atoms with van der Waals surface area (Å²) in [6.07, 6.45) is 6.39. The monoisotopic (exact) mass is 405 g/mol. The van der Waals surface area contributed by atoms with Crippen LogP contribution in [0, 0.1) is 5.82 Å². The minimum absolute atomic E-state index is 0.114. The number of amides is 1. The van der Waals surface area contributed by atoms with Crippen LogP contribution in [0.3, 0.4) is 0 Å². The van der Waals surface area contributed by atoms with Gasteiger partial charge in [0.05, 0.1) is 5.69 Å². The van der Waals surface area contributed by atoms with Crippen molar-refractivity contribution in [2.24, 2.45) is 0 Å². The van der Waals surface area contributed by atoms with E-state index in [-0.39, 0.29) is 11.7 Å². The van der Waals surface area contributed by atoms with Crippen LogP contribution in [0.25, 0.3) is 22.4 Å². The number of carbonyl (C=O) groups is 1. The van der Waals surface area contributed by atoms with Gasteiger partial charge >= 0.3 is 0 Å². The first-order chi connectivity index (χ1) is 14.5. The first kappa shape index (κ1) is 19.0. The molecule has 1 amide bonds. The molecule has 2 aliphatic rings. The van der Waals surface area contributed by atoms with E-state index >= 15 is 0 Å². The van der Waals surface area contributed by atoms with Crippen molar-refractivity contribution in [3.63, 3.8) is 0 Å². The Kier molecular flexibility index (Phi) is 4.66. The highest BCUT2D eigenvalue weighted by molar-refractivity contribution is 5.88. The molecule has 1 saturated carbocycles. The van der Waals surface area contributed by atoms with E-state index in [1.807, 2.05) is 12.1 Å². The number of aliphatic hydroxyl groups is 1. The van der Waals surface area contributed by atoms with E-state index in [0.717, 1.165) is 40.9 Å². The Bertz CT molecular complexity index is 1050. The van der Waals surface area contributed by atoms with Gasteiger partial charge in [-0.05, 0) is 79.3 Å². The summed E-state index contributed by atoms with van der Waals surface area (Å²) in [5, 5.41) is 10.1. The van der Waals surface area contributed by atoms with Gasteiger partial charge in [-0.15, -0.1) is 0 Å². The highest BCUT2D eigenvalue weighted by Gasteiger charge is 2.50. The van der Waals surface area contributed by atoms with Gasteiger partial charge in [-0.1, -0.05) is 0 Å². The van der Waals surface area contributed by atoms with Crippen molar-refractivity contribution in [2.45, 2.75) is 37.2 Å². The lowest BCUT2D eigenvalue weighted by molar-refractivity contribution is -0.143. The number of hydrogen-bond acceptors (Lipinski definition) is 3. The molecule has 2 aromatic heterocycles. The quantitative estimate of drug-likeness (QED) is 0.686. The number of likely N-dealkylation sites (tertiary alicyclic amines) is 1. The third kappa shape index (κ3) is 3.52. The number of piperidine rings is 1. The smallest absolute Gasteiger partial charge is 0.254 e. The maximum atomic E-state index is 13.4. The molecule has 0 spiro atoms. The number of H-pyrrole nitrogens is 1. The minimum atomic E-state index is -1.09. The molecule has 3 aromatic rings. The molecule has 1 aliphatic heterocycles. The zero-order chi connectivity index (χ0) is 20.7. The van der Waals surface area contributed by atoms with Crippen molar-refractivity contribution in [1.29, 1.82) is 0 Å². The highest BCUT2D eigenvalue weighted by atomic mass is 19.1. The molecule has 0 bridgehead atoms. The molecule has 2 N–H and O–H groups in total. The Morgan fingerprint density at radius 2 is 1.73 bits per heavy atom. The van der Waals surface area contributed by atoms with E-state index in [1.54, 1.807) is 29.4 Å². The molecule has 1 aromatic carbocycles. The fraction of sp³-hybridized carbons (Fsp3) is 0.333. The summed E-state index contributed by atoms with van der Waals surface area (Å²) in [5.74, 6) is -0.0695. The SMILES string of the molecule is O=C(N1CCC(c2cc(-c3ccncc3)c(-c3ccc(F)cc3)[nH]2)CC1)C1(O)CC1. The number of hydrogen-bond donors (Lipinski definition) is 2. The Hall–Kier alpha value is -2.99. The average Bonchev–Trinajstić information content (AvgIpc) is 3.38. The largest absolute Gasteiger partial charge is 0.380 e. The molecule has 1 saturated heterocycles. The van der Waals surface area contributed by atoms with Gasteiger partial charge in [0, 0.05) is 42.7 Å². The number of aromatic amines is 1. The molecule has 2 fully saturated rings. The van der Waals surface area contributed by atoms with Crippen molar-refractivity contribution < 1.29 is 14.3 Å². The normalized spacial score (nSPS) is 18.4. The number of benzene rings is 1. The van der Waals surface area contributed by atoms with Crippen LogP contribution in [0.1, 0.15) is 37.3 Å². The summed E-state index contributed by atoms with van der Waals surface area (Å²) < 4.78 is 13.4. The van der Waals surface area contributed by atoms with E-state index in [4.69, 9.17) is 0 Å². The molecule has 5 rings (SSSR count). The van der Waals surface area contributed by atoms with Gasteiger partial charge in [-0.3, -0.25) is 9.78 Å². The molecular formula is C24H24FN3O2. The van der Waals surface area contributed by atoms with Crippen molar-refractivity contribution in [3.05, 3.63) is 66.4 Å². The van der Waals surface area contributed by atoms with E-state index in [9.17, 15) is 14.3 Å². The molecular weight excluding hydrogens is 381 g/mol. The Morgan fingerprint density at radius 3 is 2.37 bits per heavy atom. The summed E-state index contributed by atoms with van der Waals surface area (Å²) in [4.78, 5) is 21.9. The Balaban J connectivity index is 1.42. The number of rotatable bonds is 4. The summed E-state index contributed by atoms with van der Waals surface area (Å²) >= 11 is 0. The van der Waals surface area contributed by atoms with Gasteiger partial charge in [0.1, 0.15) is 11.4 Å². The number of pyridine rings is 1. The second-order valence-corrected chi connectivity index (χ2v) is 8.35. The molecule has 3 heterocycles. The van der Waals surface area contributed by atoms with Crippen molar-refractivity contribution >= 4 is 5.91 Å². The van der Waals surface area contributed by atoms with Gasteiger partial charge in [0.2, 0.25) is 0 Å². The molecule has 5 nitrogen and oxygen atoms in total. The predicted molar refractivity (Wildman–Crippen MR) is 112 cm³/mol. The lowest BCUT2D eigenvalue weighted by Crippen LogP contribution is -2.44. The van der Waals surface area contributed by atoms with Crippen LogP contribution in [0.2, 0.25) is 0 Å². The second kappa shape index (κ2) is 7.36. The summed E-state index contributed by atoms with van der Waals surface area (Å²) in [5.41, 5.74) is 4.03. The van der Waals surface area contributed by atoms with Crippen molar-refractivity contribution in [3.8, 4) is 22.4 Å². The predicted octanol–water partition coefficient (Wildman–Crippen LogP) is 4.11. The average molecular weight is 405 g/mol. The van der Waals surface area contributed by atoms with Crippen LogP contribution >= 0.6 is 0 Å². The van der Waals surface area contributed by atoms with Crippen LogP contribution in [-0.4, -0.2) is 44.6 Å². The summed E-state index contributed by atoms with van der Waals surface area (Å²) in [7, 11) is 0. The van der Waals surface area contributed by atoms with Crippen LogP contribution in [0.15, 0.2) is 54.9 Å². The molecule has 0 unspecified atom stereocenters. The molecule has 30 heavy (non-hydrogen) atoms. The molecule has 0 atom stereocenters. The van der Waals surface area contributed by atoms with E-state index in [1.165, 1.54) is 12.1 Å². The Labute approximate surface area is 174 Å². The standard InChI is InChI=1S/C24H24FN3O2/c25-19-3-1-18(2-4-19)22-20(16-5-11-26-12-6-16)15-21(27-22)17-7-13-28(14-8-17)23(29)24(30)9-10-24/h1-6,11-12,15,17,27,30H,7-10,13-14H2. The van der Waals surface area contributed by atoms with Crippen molar-refractivity contribution in [1.82, 2.24) is 14.9 Å². The van der Waals surface area contributed by atoms with E-state index in [2.05, 4.69) is 16.0 Å². The zero-order valence-corrected chi connectivity index (χ0v) is 16.6. The second-order valence-electron chi connectivity index (χ2n) is 8.35. The van der Waals surface area contributed by atoms with Gasteiger partial charge < -0.3 is 15.0 Å². The number of halogens is 1. The fourth-order valence-corrected chi connectivity index (χ4v) is 4.32. The zero-order valence-electron chi connectivity index (χ0n) is 16.6. The third-order valence-electron chi connectivity index (χ3n) is 6.31. The van der Waals surface area contributed by atoms with E-state index in [0.29, 0.717) is 31.8 Å². The van der Waals surface area contributed by atoms with Gasteiger partial charge in [0.15, 0.2) is 0 Å². The maximum absolute atomic E-state index is 13.4. The molecule has 154 valence electrons. The molecule has 1 aliphatic carbocycles. The maximum Gasteiger partial charge on any atom is 0.254 e. The topological polar surface area (TPSA) is 69.2 Å². The highest BCUT2D eigenvalue weighted by Crippen LogP contribution is 2.40. The van der Waals surface area contributed by atoms with Gasteiger partial charge in [0.25, 0.3) is 5.91 Å². The summed E-state index contributed by atoms with van der Waals surface area (Å²) in [6, 6.07) is 12.6. The lowest BCUT2D eigenvalue weighted by Gasteiger charge is -2.33. The van der Waals surface area contributed by atoms with E-state index < -0.39 is 5.60 Å². The number of nitrogens with zero attached hydrogens (tertiary/aromatic N) is 2. The number of carbonyl (C=O) groups excluding carboxylic acids is 1. The molecule has 0 radical (unpaired) electrons. The summed E-state index contributed by atoms with van der Waals surface area (Å²) in [6.45, 7) is 1.31. The van der Waals surface area contributed by atoms with Crippen molar-refractivity contribution in [2.75, 3.05) is 13.1 Å². The molecule has 6 heteroatoms. The van der Waals surface area contributed by atoms with Gasteiger partial charge in [-0.25, -0.2) is 4.39 Å². The first-order valence-corrected chi connectivity index (χ1v) is 10.4. The third-order valence-corrected chi connectivity index (χ3v) is 6.31. The first-order valence-electron chi connectivity index (χ1n) is 10.4. The van der Waals surface area contributed by atoms with Crippen LogP contribution in [0.4, 0.5) is 4.39 Å². The number of aromatic nitrogens is 2. The lowest BCUT2D eigenvalue weighted by atomic mass is 9.92. The Morgan fingerprint density at radius 1 is 1.07 bits per heavy atom. The fourth-order valence-electron chi connectivity index (χ4n) is 4.32. The van der Waals surface area contributed by atoms with Gasteiger partial charge in [-0.2, -0.15) is 0 Å².